The van der Waals surface area contributed by atoms with Crippen LogP contribution < -0.4 is 0 Å². The Morgan fingerprint density at radius 3 is 2.54 bits per heavy atom. The van der Waals surface area contributed by atoms with Gasteiger partial charge in [0, 0.05) is 5.92 Å². The van der Waals surface area contributed by atoms with Crippen molar-refractivity contribution >= 4 is 5.78 Å². The Bertz CT molecular complexity index is 195. The van der Waals surface area contributed by atoms with Crippen molar-refractivity contribution < 1.29 is 4.79 Å². The predicted molar refractivity (Wildman–Crippen MR) is 55.6 cm³/mol. The van der Waals surface area contributed by atoms with Gasteiger partial charge in [-0.25, -0.2) is 0 Å². The molecule has 0 saturated heterocycles. The van der Waals surface area contributed by atoms with Crippen LogP contribution in [0.25, 0.3) is 0 Å². The minimum Gasteiger partial charge on any atom is -0.295 e. The molecule has 74 valence electrons. The van der Waals surface area contributed by atoms with Crippen molar-refractivity contribution in [3.8, 4) is 0 Å². The van der Waals surface area contributed by atoms with Crippen molar-refractivity contribution in [1.82, 2.24) is 0 Å². The fraction of sp³-hybridized carbons (Fsp3) is 0.750. The summed E-state index contributed by atoms with van der Waals surface area (Å²) in [5, 5.41) is 0. The monoisotopic (exact) mass is 180 g/mol. The van der Waals surface area contributed by atoms with E-state index in [0.29, 0.717) is 5.78 Å². The average molecular weight is 180 g/mol. The number of allylic oxidation sites excluding steroid dienone is 2. The van der Waals surface area contributed by atoms with Crippen LogP contribution in [0.15, 0.2) is 11.6 Å². The van der Waals surface area contributed by atoms with E-state index in [1.165, 1.54) is 24.8 Å². The molecule has 0 aliphatic heterocycles. The second kappa shape index (κ2) is 5.21. The topological polar surface area (TPSA) is 17.1 Å². The summed E-state index contributed by atoms with van der Waals surface area (Å²) in [6.45, 7) is 4.09. The second-order valence-corrected chi connectivity index (χ2v) is 4.07. The molecule has 1 unspecified atom stereocenters. The third-order valence-corrected chi connectivity index (χ3v) is 2.94. The highest BCUT2D eigenvalue weighted by Crippen LogP contribution is 2.23. The standard InChI is InChI=1S/C12H20O/c1-3-10(2)12(13)9-11-7-5-4-6-8-11/h9-10H,3-8H2,1-2H3. The lowest BCUT2D eigenvalue weighted by Gasteiger charge is -2.13. The Balaban J connectivity index is 2.48. The molecule has 1 atom stereocenters. The number of hydrogen-bond acceptors (Lipinski definition) is 1. The van der Waals surface area contributed by atoms with Gasteiger partial charge in [-0.2, -0.15) is 0 Å². The summed E-state index contributed by atoms with van der Waals surface area (Å²) in [7, 11) is 0. The molecule has 0 amide bonds. The zero-order chi connectivity index (χ0) is 9.68. The van der Waals surface area contributed by atoms with E-state index < -0.39 is 0 Å². The van der Waals surface area contributed by atoms with E-state index in [-0.39, 0.29) is 5.92 Å². The smallest absolute Gasteiger partial charge is 0.158 e. The molecule has 1 nitrogen and oxygen atoms in total. The lowest BCUT2D eigenvalue weighted by molar-refractivity contribution is -0.117. The number of hydrogen-bond donors (Lipinski definition) is 0. The van der Waals surface area contributed by atoms with Crippen LogP contribution >= 0.6 is 0 Å². The summed E-state index contributed by atoms with van der Waals surface area (Å²) < 4.78 is 0. The molecule has 13 heavy (non-hydrogen) atoms. The predicted octanol–water partition coefficient (Wildman–Crippen LogP) is 3.49. The first-order valence-corrected chi connectivity index (χ1v) is 5.47. The SMILES string of the molecule is CCC(C)C(=O)C=C1CCCCC1. The van der Waals surface area contributed by atoms with Crippen LogP contribution in [0.4, 0.5) is 0 Å². The minimum absolute atomic E-state index is 0.217. The van der Waals surface area contributed by atoms with Crippen molar-refractivity contribution in [2.24, 2.45) is 5.92 Å². The van der Waals surface area contributed by atoms with Gasteiger partial charge in [0.05, 0.1) is 0 Å². The molecule has 0 spiro atoms. The molecule has 0 aromatic heterocycles. The van der Waals surface area contributed by atoms with E-state index >= 15 is 0 Å². The van der Waals surface area contributed by atoms with Gasteiger partial charge < -0.3 is 0 Å². The third-order valence-electron chi connectivity index (χ3n) is 2.94. The van der Waals surface area contributed by atoms with E-state index in [4.69, 9.17) is 0 Å². The van der Waals surface area contributed by atoms with Gasteiger partial charge >= 0.3 is 0 Å². The summed E-state index contributed by atoms with van der Waals surface area (Å²) in [6, 6.07) is 0. The maximum absolute atomic E-state index is 11.6. The Labute approximate surface area is 81.2 Å². The molecule has 1 fully saturated rings. The molecule has 0 bridgehead atoms. The fourth-order valence-corrected chi connectivity index (χ4v) is 1.69. The zero-order valence-electron chi connectivity index (χ0n) is 8.81. The lowest BCUT2D eigenvalue weighted by atomic mass is 9.92. The molecule has 1 aliphatic rings. The summed E-state index contributed by atoms with van der Waals surface area (Å²) in [5.74, 6) is 0.550. The largest absolute Gasteiger partial charge is 0.295 e. The van der Waals surface area contributed by atoms with Crippen molar-refractivity contribution in [2.75, 3.05) is 0 Å². The Morgan fingerprint density at radius 2 is 2.00 bits per heavy atom. The Morgan fingerprint density at radius 1 is 1.38 bits per heavy atom. The van der Waals surface area contributed by atoms with E-state index in [2.05, 4.69) is 6.92 Å². The van der Waals surface area contributed by atoms with Crippen LogP contribution in [-0.4, -0.2) is 5.78 Å². The number of carbonyl (C=O) groups excluding carboxylic acids is 1. The van der Waals surface area contributed by atoms with Crippen LogP contribution in [-0.2, 0) is 4.79 Å². The van der Waals surface area contributed by atoms with Gasteiger partial charge in [0.2, 0.25) is 0 Å². The normalized spacial score (nSPS) is 19.7. The molecule has 0 N–H and O–H groups in total. The van der Waals surface area contributed by atoms with Gasteiger partial charge in [0.1, 0.15) is 0 Å². The van der Waals surface area contributed by atoms with Crippen molar-refractivity contribution in [3.05, 3.63) is 11.6 Å². The zero-order valence-corrected chi connectivity index (χ0v) is 8.81. The van der Waals surface area contributed by atoms with Gasteiger partial charge in [-0.1, -0.05) is 25.8 Å². The summed E-state index contributed by atoms with van der Waals surface area (Å²) in [5.41, 5.74) is 1.39. The molecule has 0 aromatic rings. The van der Waals surface area contributed by atoms with Crippen LogP contribution in [0, 0.1) is 5.92 Å². The van der Waals surface area contributed by atoms with Gasteiger partial charge in [0.15, 0.2) is 5.78 Å². The number of carbonyl (C=O) groups is 1. The van der Waals surface area contributed by atoms with Gasteiger partial charge in [-0.05, 0) is 38.2 Å². The maximum Gasteiger partial charge on any atom is 0.158 e. The average Bonchev–Trinajstić information content (AvgIpc) is 2.18. The molecule has 0 heterocycles. The highest BCUT2D eigenvalue weighted by Gasteiger charge is 2.11. The number of ketones is 1. The van der Waals surface area contributed by atoms with Gasteiger partial charge in [-0.3, -0.25) is 4.79 Å². The van der Waals surface area contributed by atoms with Crippen molar-refractivity contribution in [1.29, 1.82) is 0 Å². The van der Waals surface area contributed by atoms with E-state index in [0.717, 1.165) is 19.3 Å². The fourth-order valence-electron chi connectivity index (χ4n) is 1.69. The lowest BCUT2D eigenvalue weighted by Crippen LogP contribution is -2.08. The molecule has 0 aromatic carbocycles. The van der Waals surface area contributed by atoms with Crippen molar-refractivity contribution in [3.63, 3.8) is 0 Å². The molecule has 1 aliphatic carbocycles. The second-order valence-electron chi connectivity index (χ2n) is 4.07. The van der Waals surface area contributed by atoms with Crippen LogP contribution in [0.2, 0.25) is 0 Å². The number of rotatable bonds is 3. The maximum atomic E-state index is 11.6. The molecule has 1 saturated carbocycles. The minimum atomic E-state index is 0.217. The Hall–Kier alpha value is -0.590. The molecule has 0 radical (unpaired) electrons. The quantitative estimate of drug-likeness (QED) is 0.607. The van der Waals surface area contributed by atoms with E-state index in [1.54, 1.807) is 0 Å². The van der Waals surface area contributed by atoms with Gasteiger partial charge in [-0.15, -0.1) is 0 Å². The van der Waals surface area contributed by atoms with Crippen LogP contribution in [0.5, 0.6) is 0 Å². The first-order chi connectivity index (χ1) is 6.24. The highest BCUT2D eigenvalue weighted by molar-refractivity contribution is 5.92. The third kappa shape index (κ3) is 3.33. The molecule has 1 heteroatoms. The van der Waals surface area contributed by atoms with Gasteiger partial charge in [0.25, 0.3) is 0 Å². The van der Waals surface area contributed by atoms with E-state index in [9.17, 15) is 4.79 Å². The summed E-state index contributed by atoms with van der Waals surface area (Å²) in [6.07, 6.45) is 9.08. The first kappa shape index (κ1) is 10.5. The highest BCUT2D eigenvalue weighted by atomic mass is 16.1. The Kier molecular flexibility index (Phi) is 4.20. The summed E-state index contributed by atoms with van der Waals surface area (Å²) in [4.78, 5) is 11.6. The van der Waals surface area contributed by atoms with Crippen LogP contribution in [0.3, 0.4) is 0 Å². The van der Waals surface area contributed by atoms with E-state index in [1.807, 2.05) is 13.0 Å². The van der Waals surface area contributed by atoms with Crippen molar-refractivity contribution in [2.45, 2.75) is 52.4 Å². The molecular formula is C12H20O. The molecular weight excluding hydrogens is 160 g/mol. The first-order valence-electron chi connectivity index (χ1n) is 5.47. The van der Waals surface area contributed by atoms with Crippen LogP contribution in [0.1, 0.15) is 52.4 Å². The summed E-state index contributed by atoms with van der Waals surface area (Å²) >= 11 is 0. The molecule has 1 rings (SSSR count).